The van der Waals surface area contributed by atoms with Crippen molar-refractivity contribution in [2.45, 2.75) is 19.9 Å². The topological polar surface area (TPSA) is 46.9 Å². The van der Waals surface area contributed by atoms with Gasteiger partial charge in [0.1, 0.15) is 5.82 Å². The number of benzene rings is 1. The molecule has 0 atom stereocenters. The quantitative estimate of drug-likeness (QED) is 0.836. The zero-order chi connectivity index (χ0) is 15.2. The molecule has 0 fully saturated rings. The van der Waals surface area contributed by atoms with Crippen LogP contribution in [-0.4, -0.2) is 15.7 Å². The normalized spacial score (nSPS) is 11.0. The Morgan fingerprint density at radius 2 is 2.19 bits per heavy atom. The number of nitrogens with one attached hydrogen (secondary N) is 1. The first-order valence-electron chi connectivity index (χ1n) is 6.56. The Labute approximate surface area is 133 Å². The number of nitrogens with zero attached hydrogens (tertiary/aromatic N) is 2. The average Bonchev–Trinajstić information content (AvgIpc) is 2.87. The van der Waals surface area contributed by atoms with Gasteiger partial charge in [-0.25, -0.2) is 4.68 Å². The van der Waals surface area contributed by atoms with Crippen LogP contribution in [0, 0.1) is 0 Å². The number of rotatable bonds is 5. The summed E-state index contributed by atoms with van der Waals surface area (Å²) < 4.78 is 1.75. The molecular weight excluding hydrogens is 309 g/mol. The van der Waals surface area contributed by atoms with E-state index in [0.717, 1.165) is 13.0 Å². The second-order valence-electron chi connectivity index (χ2n) is 4.43. The number of aromatic nitrogens is 2. The summed E-state index contributed by atoms with van der Waals surface area (Å²) in [6.45, 7) is 2.81. The maximum Gasteiger partial charge on any atom is 0.249 e. The minimum absolute atomic E-state index is 0.246. The van der Waals surface area contributed by atoms with E-state index in [-0.39, 0.29) is 5.91 Å². The molecule has 1 amide bonds. The van der Waals surface area contributed by atoms with E-state index in [9.17, 15) is 4.79 Å². The Bertz CT molecular complexity index is 665. The van der Waals surface area contributed by atoms with Gasteiger partial charge in [-0.2, -0.15) is 5.10 Å². The maximum absolute atomic E-state index is 11.9. The van der Waals surface area contributed by atoms with Gasteiger partial charge in [-0.05, 0) is 36.3 Å². The first-order valence-corrected chi connectivity index (χ1v) is 7.31. The molecular formula is C15H15Cl2N3O. The van der Waals surface area contributed by atoms with Crippen LogP contribution in [0.1, 0.15) is 18.9 Å². The fourth-order valence-electron chi connectivity index (χ4n) is 1.80. The van der Waals surface area contributed by atoms with E-state index in [2.05, 4.69) is 10.4 Å². The highest BCUT2D eigenvalue weighted by atomic mass is 35.5. The van der Waals surface area contributed by atoms with E-state index in [1.807, 2.05) is 6.92 Å². The lowest BCUT2D eigenvalue weighted by atomic mass is 10.2. The van der Waals surface area contributed by atoms with Gasteiger partial charge in [-0.3, -0.25) is 4.79 Å². The first kappa shape index (κ1) is 15.6. The molecule has 1 aromatic carbocycles. The fourth-order valence-corrected chi connectivity index (χ4v) is 2.17. The van der Waals surface area contributed by atoms with E-state index in [4.69, 9.17) is 23.2 Å². The van der Waals surface area contributed by atoms with Crippen molar-refractivity contribution in [2.75, 3.05) is 5.32 Å². The number of hydrogen-bond donors (Lipinski definition) is 1. The van der Waals surface area contributed by atoms with E-state index >= 15 is 0 Å². The Hall–Kier alpha value is -1.78. The molecule has 4 nitrogen and oxygen atoms in total. The number of carbonyl (C=O) groups excluding carboxylic acids is 1. The van der Waals surface area contributed by atoms with Crippen LogP contribution in [0.5, 0.6) is 0 Å². The largest absolute Gasteiger partial charge is 0.307 e. The van der Waals surface area contributed by atoms with Crippen LogP contribution in [0.15, 0.2) is 36.5 Å². The minimum atomic E-state index is -0.246. The van der Waals surface area contributed by atoms with Crippen LogP contribution in [0.3, 0.4) is 0 Å². The summed E-state index contributed by atoms with van der Waals surface area (Å²) in [6, 6.07) is 6.85. The molecule has 1 N–H and O–H groups in total. The first-order chi connectivity index (χ1) is 10.1. The predicted molar refractivity (Wildman–Crippen MR) is 86.6 cm³/mol. The van der Waals surface area contributed by atoms with Gasteiger partial charge < -0.3 is 5.32 Å². The lowest BCUT2D eigenvalue weighted by molar-refractivity contribution is -0.111. The zero-order valence-corrected chi connectivity index (χ0v) is 13.0. The van der Waals surface area contributed by atoms with Crippen molar-refractivity contribution < 1.29 is 4.79 Å². The molecule has 0 radical (unpaired) electrons. The summed E-state index contributed by atoms with van der Waals surface area (Å²) in [5, 5.41) is 8.03. The van der Waals surface area contributed by atoms with Gasteiger partial charge in [0.15, 0.2) is 0 Å². The molecule has 2 aromatic rings. The van der Waals surface area contributed by atoms with Crippen LogP contribution in [0.2, 0.25) is 10.0 Å². The van der Waals surface area contributed by atoms with Crippen LogP contribution >= 0.6 is 23.2 Å². The van der Waals surface area contributed by atoms with Crippen LogP contribution < -0.4 is 5.32 Å². The molecule has 0 unspecified atom stereocenters. The lowest BCUT2D eigenvalue weighted by Gasteiger charge is -2.06. The molecule has 0 aliphatic rings. The minimum Gasteiger partial charge on any atom is -0.307 e. The third kappa shape index (κ3) is 4.34. The van der Waals surface area contributed by atoms with Crippen LogP contribution in [-0.2, 0) is 11.3 Å². The van der Waals surface area contributed by atoms with E-state index in [1.165, 1.54) is 6.08 Å². The van der Waals surface area contributed by atoms with Crippen molar-refractivity contribution in [2.24, 2.45) is 0 Å². The number of carbonyl (C=O) groups is 1. The van der Waals surface area contributed by atoms with Gasteiger partial charge in [-0.15, -0.1) is 0 Å². The third-order valence-corrected chi connectivity index (χ3v) is 3.35. The number of halogens is 2. The number of aryl methyl sites for hydroxylation is 1. The van der Waals surface area contributed by atoms with Crippen molar-refractivity contribution in [3.63, 3.8) is 0 Å². The molecule has 0 spiro atoms. The van der Waals surface area contributed by atoms with Crippen molar-refractivity contribution >= 4 is 41.0 Å². The molecule has 6 heteroatoms. The van der Waals surface area contributed by atoms with E-state index in [0.29, 0.717) is 21.4 Å². The number of anilines is 1. The molecule has 1 heterocycles. The molecule has 0 aliphatic carbocycles. The van der Waals surface area contributed by atoms with Crippen molar-refractivity contribution in [3.8, 4) is 0 Å². The highest BCUT2D eigenvalue weighted by Crippen LogP contribution is 2.21. The third-order valence-electron chi connectivity index (χ3n) is 2.78. The molecule has 0 saturated carbocycles. The summed E-state index contributed by atoms with van der Waals surface area (Å²) in [7, 11) is 0. The van der Waals surface area contributed by atoms with Crippen molar-refractivity contribution in [1.29, 1.82) is 0 Å². The zero-order valence-electron chi connectivity index (χ0n) is 11.5. The Morgan fingerprint density at radius 3 is 2.95 bits per heavy atom. The van der Waals surface area contributed by atoms with E-state index < -0.39 is 0 Å². The van der Waals surface area contributed by atoms with Gasteiger partial charge in [-0.1, -0.05) is 30.1 Å². The maximum atomic E-state index is 11.9. The van der Waals surface area contributed by atoms with Gasteiger partial charge in [0.2, 0.25) is 5.91 Å². The van der Waals surface area contributed by atoms with Gasteiger partial charge in [0, 0.05) is 28.7 Å². The van der Waals surface area contributed by atoms with Gasteiger partial charge >= 0.3 is 0 Å². The summed E-state index contributed by atoms with van der Waals surface area (Å²) in [6.07, 6.45) is 5.65. The molecule has 1 aromatic heterocycles. The van der Waals surface area contributed by atoms with Gasteiger partial charge in [0.05, 0.1) is 6.20 Å². The molecule has 2 rings (SSSR count). The Morgan fingerprint density at radius 1 is 1.38 bits per heavy atom. The molecule has 0 saturated heterocycles. The standard InChI is InChI=1S/C15H15Cl2N3O/c1-2-9-20-14(7-8-18-20)19-15(21)6-3-11-10-12(16)4-5-13(11)17/h3-8,10H,2,9H2,1H3,(H,19,21)/b6-3+. The molecule has 110 valence electrons. The lowest BCUT2D eigenvalue weighted by Crippen LogP contribution is -2.13. The van der Waals surface area contributed by atoms with Crippen molar-refractivity contribution in [1.82, 2.24) is 9.78 Å². The molecule has 21 heavy (non-hydrogen) atoms. The second kappa shape index (κ2) is 7.29. The highest BCUT2D eigenvalue weighted by molar-refractivity contribution is 6.34. The number of amides is 1. The Balaban J connectivity index is 2.05. The van der Waals surface area contributed by atoms with Crippen LogP contribution in [0.4, 0.5) is 5.82 Å². The monoisotopic (exact) mass is 323 g/mol. The predicted octanol–water partition coefficient (Wildman–Crippen LogP) is 4.25. The van der Waals surface area contributed by atoms with E-state index in [1.54, 1.807) is 41.2 Å². The second-order valence-corrected chi connectivity index (χ2v) is 5.27. The average molecular weight is 324 g/mol. The summed E-state index contributed by atoms with van der Waals surface area (Å²) in [4.78, 5) is 11.9. The van der Waals surface area contributed by atoms with Gasteiger partial charge in [0.25, 0.3) is 0 Å². The van der Waals surface area contributed by atoms with Crippen molar-refractivity contribution in [3.05, 3.63) is 52.1 Å². The SMILES string of the molecule is CCCn1nccc1NC(=O)/C=C/c1cc(Cl)ccc1Cl. The Kier molecular flexibility index (Phi) is 5.42. The fraction of sp³-hybridized carbons (Fsp3) is 0.200. The number of hydrogen-bond acceptors (Lipinski definition) is 2. The summed E-state index contributed by atoms with van der Waals surface area (Å²) >= 11 is 11.9. The summed E-state index contributed by atoms with van der Waals surface area (Å²) in [5.74, 6) is 0.424. The molecule has 0 aliphatic heterocycles. The smallest absolute Gasteiger partial charge is 0.249 e. The summed E-state index contributed by atoms with van der Waals surface area (Å²) in [5.41, 5.74) is 0.696. The van der Waals surface area contributed by atoms with Crippen LogP contribution in [0.25, 0.3) is 6.08 Å². The highest BCUT2D eigenvalue weighted by Gasteiger charge is 2.04. The molecule has 0 bridgehead atoms.